The Kier molecular flexibility index (Phi) is 8.87. The van der Waals surface area contributed by atoms with Gasteiger partial charge < -0.3 is 33.7 Å². The molecule has 3 aromatic rings. The van der Waals surface area contributed by atoms with E-state index in [9.17, 15) is 9.59 Å². The van der Waals surface area contributed by atoms with Crippen molar-refractivity contribution in [2.45, 2.75) is 26.9 Å². The Labute approximate surface area is 234 Å². The number of morpholine rings is 1. The summed E-state index contributed by atoms with van der Waals surface area (Å²) in [6, 6.07) is 14.9. The van der Waals surface area contributed by atoms with Crippen molar-refractivity contribution >= 4 is 17.6 Å². The molecule has 212 valence electrons. The van der Waals surface area contributed by atoms with Crippen LogP contribution in [0.5, 0.6) is 11.5 Å². The molecule has 0 radical (unpaired) electrons. The number of para-hydroxylation sites is 1. The van der Waals surface area contributed by atoms with Crippen molar-refractivity contribution in [1.29, 1.82) is 0 Å². The highest BCUT2D eigenvalue weighted by atomic mass is 16.7. The molecule has 0 unspecified atom stereocenters. The highest BCUT2D eigenvalue weighted by Crippen LogP contribution is 2.33. The lowest BCUT2D eigenvalue weighted by Crippen LogP contribution is -2.48. The lowest BCUT2D eigenvalue weighted by atomic mass is 10.1. The standard InChI is InChI=1S/C30H36N4O6/c1-22-5-3-6-23(2)29(22)31-30(36)33(11-10-32-12-15-37-16-13-32)20-28(35)34(19-25-7-4-14-38-25)18-24-8-9-26-27(17-24)40-21-39-26/h3-9,14,17H,10-13,15-16,18-21H2,1-2H3,(H,31,36). The zero-order chi connectivity index (χ0) is 27.9. The third-order valence-corrected chi connectivity index (χ3v) is 7.21. The van der Waals surface area contributed by atoms with E-state index < -0.39 is 0 Å². The number of hydrogen-bond acceptors (Lipinski definition) is 7. The lowest BCUT2D eigenvalue weighted by molar-refractivity contribution is -0.133. The summed E-state index contributed by atoms with van der Waals surface area (Å²) in [7, 11) is 0. The molecule has 0 aliphatic carbocycles. The van der Waals surface area contributed by atoms with Crippen LogP contribution in [0.1, 0.15) is 22.5 Å². The molecule has 40 heavy (non-hydrogen) atoms. The summed E-state index contributed by atoms with van der Waals surface area (Å²) in [5.74, 6) is 1.81. The number of carbonyl (C=O) groups is 2. The quantitative estimate of drug-likeness (QED) is 0.409. The van der Waals surface area contributed by atoms with Gasteiger partial charge in [-0.1, -0.05) is 24.3 Å². The van der Waals surface area contributed by atoms with Crippen molar-refractivity contribution in [1.82, 2.24) is 14.7 Å². The first kappa shape index (κ1) is 27.5. The van der Waals surface area contributed by atoms with Gasteiger partial charge in [0, 0.05) is 38.4 Å². The number of nitrogens with one attached hydrogen (secondary N) is 1. The smallest absolute Gasteiger partial charge is 0.322 e. The van der Waals surface area contributed by atoms with Crippen molar-refractivity contribution in [2.24, 2.45) is 0 Å². The van der Waals surface area contributed by atoms with E-state index in [-0.39, 0.29) is 31.8 Å². The molecule has 2 aromatic carbocycles. The van der Waals surface area contributed by atoms with Crippen molar-refractivity contribution in [3.8, 4) is 11.5 Å². The maximum atomic E-state index is 13.8. The van der Waals surface area contributed by atoms with Gasteiger partial charge in [-0.25, -0.2) is 4.79 Å². The van der Waals surface area contributed by atoms with Crippen LogP contribution >= 0.6 is 0 Å². The van der Waals surface area contributed by atoms with E-state index >= 15 is 0 Å². The molecule has 10 heteroatoms. The number of furan rings is 1. The van der Waals surface area contributed by atoms with Gasteiger partial charge in [-0.3, -0.25) is 9.69 Å². The predicted molar refractivity (Wildman–Crippen MR) is 149 cm³/mol. The van der Waals surface area contributed by atoms with Gasteiger partial charge in [0.1, 0.15) is 12.3 Å². The number of aryl methyl sites for hydroxylation is 2. The Morgan fingerprint density at radius 3 is 2.45 bits per heavy atom. The maximum Gasteiger partial charge on any atom is 0.322 e. The van der Waals surface area contributed by atoms with Gasteiger partial charge in [0.2, 0.25) is 12.7 Å². The Morgan fingerprint density at radius 1 is 0.925 bits per heavy atom. The summed E-state index contributed by atoms with van der Waals surface area (Å²) in [6.45, 7) is 8.61. The lowest BCUT2D eigenvalue weighted by Gasteiger charge is -2.31. The number of benzene rings is 2. The van der Waals surface area contributed by atoms with Crippen LogP contribution in [-0.2, 0) is 22.6 Å². The van der Waals surface area contributed by atoms with Crippen LogP contribution in [0.2, 0.25) is 0 Å². The first-order chi connectivity index (χ1) is 19.5. The Balaban J connectivity index is 1.34. The molecule has 5 rings (SSSR count). The number of ether oxygens (including phenoxy) is 3. The van der Waals surface area contributed by atoms with E-state index in [2.05, 4.69) is 10.2 Å². The topological polar surface area (TPSA) is 96.7 Å². The van der Waals surface area contributed by atoms with Gasteiger partial charge in [-0.2, -0.15) is 0 Å². The van der Waals surface area contributed by atoms with E-state index in [0.717, 1.165) is 35.5 Å². The minimum atomic E-state index is -0.306. The number of hydrogen-bond donors (Lipinski definition) is 1. The van der Waals surface area contributed by atoms with Crippen LogP contribution in [0.4, 0.5) is 10.5 Å². The largest absolute Gasteiger partial charge is 0.467 e. The average molecular weight is 549 g/mol. The number of urea groups is 1. The summed E-state index contributed by atoms with van der Waals surface area (Å²) in [5, 5.41) is 3.06. The third kappa shape index (κ3) is 6.94. The fourth-order valence-corrected chi connectivity index (χ4v) is 4.88. The molecule has 10 nitrogen and oxygen atoms in total. The second kappa shape index (κ2) is 12.9. The fraction of sp³-hybridized carbons (Fsp3) is 0.400. The van der Waals surface area contributed by atoms with E-state index in [4.69, 9.17) is 18.6 Å². The summed E-state index contributed by atoms with van der Waals surface area (Å²) in [5.41, 5.74) is 3.60. The Morgan fingerprint density at radius 2 is 1.70 bits per heavy atom. The predicted octanol–water partition coefficient (Wildman–Crippen LogP) is 4.02. The molecule has 2 aliphatic rings. The number of carbonyl (C=O) groups excluding carboxylic acids is 2. The van der Waals surface area contributed by atoms with Crippen molar-refractivity contribution < 1.29 is 28.2 Å². The summed E-state index contributed by atoms with van der Waals surface area (Å²) >= 11 is 0. The maximum absolute atomic E-state index is 13.8. The Bertz CT molecular complexity index is 1290. The molecule has 1 fully saturated rings. The minimum Gasteiger partial charge on any atom is -0.467 e. The van der Waals surface area contributed by atoms with Gasteiger partial charge >= 0.3 is 6.03 Å². The molecule has 1 saturated heterocycles. The van der Waals surface area contributed by atoms with Crippen LogP contribution in [-0.4, -0.2) is 79.4 Å². The minimum absolute atomic E-state index is 0.0770. The molecule has 2 aliphatic heterocycles. The van der Waals surface area contributed by atoms with Crippen LogP contribution in [0.3, 0.4) is 0 Å². The highest BCUT2D eigenvalue weighted by Gasteiger charge is 2.25. The molecule has 3 heterocycles. The molecule has 0 spiro atoms. The molecule has 0 atom stereocenters. The van der Waals surface area contributed by atoms with Crippen LogP contribution in [0.25, 0.3) is 0 Å². The highest BCUT2D eigenvalue weighted by molar-refractivity contribution is 5.93. The zero-order valence-corrected chi connectivity index (χ0v) is 23.1. The van der Waals surface area contributed by atoms with E-state index in [1.807, 2.05) is 56.3 Å². The van der Waals surface area contributed by atoms with E-state index in [0.29, 0.717) is 50.1 Å². The summed E-state index contributed by atoms with van der Waals surface area (Å²) < 4.78 is 22.0. The normalized spacial score (nSPS) is 14.7. The molecular formula is C30H36N4O6. The second-order valence-electron chi connectivity index (χ2n) is 10.1. The Hall–Kier alpha value is -4.02. The molecule has 3 amide bonds. The third-order valence-electron chi connectivity index (χ3n) is 7.21. The van der Waals surface area contributed by atoms with Crippen molar-refractivity contribution in [3.63, 3.8) is 0 Å². The fourth-order valence-electron chi connectivity index (χ4n) is 4.88. The van der Waals surface area contributed by atoms with Crippen molar-refractivity contribution in [2.75, 3.05) is 58.0 Å². The first-order valence-corrected chi connectivity index (χ1v) is 13.6. The number of nitrogens with zero attached hydrogens (tertiary/aromatic N) is 3. The van der Waals surface area contributed by atoms with Gasteiger partial charge in [0.25, 0.3) is 0 Å². The molecule has 0 saturated carbocycles. The number of fused-ring (bicyclic) bond motifs is 1. The average Bonchev–Trinajstić information content (AvgIpc) is 3.65. The SMILES string of the molecule is Cc1cccc(C)c1NC(=O)N(CCN1CCOCC1)CC(=O)N(Cc1ccc2c(c1)OCO2)Cc1ccco1. The van der Waals surface area contributed by atoms with Crippen LogP contribution in [0, 0.1) is 13.8 Å². The molecule has 0 bridgehead atoms. The molecule has 1 N–H and O–H groups in total. The second-order valence-corrected chi connectivity index (χ2v) is 10.1. The van der Waals surface area contributed by atoms with Gasteiger partial charge in [-0.15, -0.1) is 0 Å². The van der Waals surface area contributed by atoms with E-state index in [1.54, 1.807) is 22.1 Å². The van der Waals surface area contributed by atoms with E-state index in [1.165, 1.54) is 0 Å². The first-order valence-electron chi connectivity index (χ1n) is 13.6. The number of amides is 3. The number of anilines is 1. The molecule has 1 aromatic heterocycles. The van der Waals surface area contributed by atoms with Gasteiger partial charge in [0.05, 0.1) is 26.0 Å². The van der Waals surface area contributed by atoms with Gasteiger partial charge in [-0.05, 0) is 54.8 Å². The summed E-state index contributed by atoms with van der Waals surface area (Å²) in [4.78, 5) is 33.0. The van der Waals surface area contributed by atoms with Gasteiger partial charge in [0.15, 0.2) is 11.5 Å². The molecular weight excluding hydrogens is 512 g/mol. The monoisotopic (exact) mass is 548 g/mol. The zero-order valence-electron chi connectivity index (χ0n) is 23.1. The number of rotatable bonds is 10. The van der Waals surface area contributed by atoms with Crippen molar-refractivity contribution in [3.05, 3.63) is 77.2 Å². The van der Waals surface area contributed by atoms with Crippen LogP contribution in [0.15, 0.2) is 59.2 Å². The van der Waals surface area contributed by atoms with Crippen LogP contribution < -0.4 is 14.8 Å². The summed E-state index contributed by atoms with van der Waals surface area (Å²) in [6.07, 6.45) is 1.59.